The first-order valence-electron chi connectivity index (χ1n) is 19.9. The molecule has 314 valence electrons. The number of hydrogen-bond acceptors (Lipinski definition) is 9. The number of anilines is 1. The number of amides is 3. The molecule has 0 spiro atoms. The maximum Gasteiger partial charge on any atom is 0.339 e. The van der Waals surface area contributed by atoms with Gasteiger partial charge < -0.3 is 10.1 Å². The van der Waals surface area contributed by atoms with Crippen molar-refractivity contribution < 1.29 is 32.3 Å². The molecule has 1 atom stereocenters. The number of aromatic nitrogens is 2. The number of ether oxygens (including phenoxy) is 1. The molecule has 1 aliphatic heterocycles. The number of nitrogens with one attached hydrogen (secondary N) is 2. The lowest BCUT2D eigenvalue weighted by Gasteiger charge is -2.28. The van der Waals surface area contributed by atoms with Crippen LogP contribution < -0.4 is 16.3 Å². The lowest BCUT2D eigenvalue weighted by Crippen LogP contribution is -2.47. The number of unbranched alkanes of at least 4 members (excludes halogenated alkanes) is 9. The predicted molar refractivity (Wildman–Crippen MR) is 227 cm³/mol. The average molecular weight is 887 g/mol. The molecule has 3 amide bonds. The van der Waals surface area contributed by atoms with E-state index in [1.165, 1.54) is 93.1 Å². The van der Waals surface area contributed by atoms with Crippen LogP contribution in [0.3, 0.4) is 0 Å². The minimum atomic E-state index is -4.78. The van der Waals surface area contributed by atoms with Gasteiger partial charge in [0.05, 0.1) is 49.8 Å². The highest BCUT2D eigenvalue weighted by molar-refractivity contribution is 7.90. The highest BCUT2D eigenvalue weighted by Gasteiger charge is 2.51. The van der Waals surface area contributed by atoms with E-state index in [-0.39, 0.29) is 54.3 Å². The third kappa shape index (κ3) is 9.46. The largest absolute Gasteiger partial charge is 0.462 e. The summed E-state index contributed by atoms with van der Waals surface area (Å²) in [5.41, 5.74) is 0.317. The van der Waals surface area contributed by atoms with E-state index in [2.05, 4.69) is 22.7 Å². The molecule has 2 aliphatic rings. The van der Waals surface area contributed by atoms with Gasteiger partial charge in [-0.05, 0) is 68.1 Å². The van der Waals surface area contributed by atoms with E-state index >= 15 is 0 Å². The molecule has 59 heavy (non-hydrogen) atoms. The molecule has 1 fully saturated rings. The molecular formula is C42H46Cl3N5O8S. The molecule has 17 heteroatoms. The van der Waals surface area contributed by atoms with Gasteiger partial charge in [-0.1, -0.05) is 119 Å². The van der Waals surface area contributed by atoms with Gasteiger partial charge in [0.1, 0.15) is 4.90 Å². The highest BCUT2D eigenvalue weighted by Crippen LogP contribution is 2.49. The third-order valence-corrected chi connectivity index (χ3v) is 13.6. The van der Waals surface area contributed by atoms with Crippen LogP contribution in [-0.2, 0) is 24.3 Å². The Morgan fingerprint density at radius 2 is 1.53 bits per heavy atom. The molecule has 2 N–H and O–H groups in total. The summed E-state index contributed by atoms with van der Waals surface area (Å²) < 4.78 is 34.9. The minimum absolute atomic E-state index is 0.00662. The second-order valence-electron chi connectivity index (χ2n) is 15.0. The van der Waals surface area contributed by atoms with E-state index < -0.39 is 56.6 Å². The van der Waals surface area contributed by atoms with Gasteiger partial charge in [-0.3, -0.25) is 24.6 Å². The number of carbonyl (C=O) groups is 4. The Bertz CT molecular complexity index is 2450. The van der Waals surface area contributed by atoms with Crippen LogP contribution in [0.5, 0.6) is 0 Å². The molecule has 0 bridgehead atoms. The summed E-state index contributed by atoms with van der Waals surface area (Å²) in [7, 11) is -4.78. The number of fused-ring (bicyclic) bond motifs is 2. The standard InChI is InChI=1S/C42H46Cl3N5O8S/c1-3-5-6-7-8-9-10-11-12-15-22-58-40(54)28-24-33(31(45)25-30(28)44)47-37(51)35(50-39(53)27-16-13-14-17-34(27)59(50,56)57)36-46-32-19-18-26(43)23-29(32)38(52)49(36)48-41(55)42(4-2)20-21-42/h13-14,16-19,23-25,35H,3-12,15,20-22H2,1-2H3,(H,47,51)(H,48,55). The van der Waals surface area contributed by atoms with E-state index in [9.17, 15) is 32.4 Å². The van der Waals surface area contributed by atoms with Gasteiger partial charge in [-0.2, -0.15) is 4.68 Å². The summed E-state index contributed by atoms with van der Waals surface area (Å²) in [4.78, 5) is 74.1. The summed E-state index contributed by atoms with van der Waals surface area (Å²) >= 11 is 19.2. The smallest absolute Gasteiger partial charge is 0.339 e. The number of rotatable bonds is 19. The average Bonchev–Trinajstić information content (AvgIpc) is 3.99. The van der Waals surface area contributed by atoms with Crippen molar-refractivity contribution in [1.29, 1.82) is 0 Å². The highest BCUT2D eigenvalue weighted by atomic mass is 35.5. The van der Waals surface area contributed by atoms with Gasteiger partial charge in [-0.15, -0.1) is 0 Å². The number of hydrogen-bond donors (Lipinski definition) is 2. The molecule has 2 heterocycles. The summed E-state index contributed by atoms with van der Waals surface area (Å²) in [6.07, 6.45) is 12.5. The number of esters is 1. The zero-order chi connectivity index (χ0) is 42.5. The van der Waals surface area contributed by atoms with Gasteiger partial charge in [0.15, 0.2) is 11.9 Å². The van der Waals surface area contributed by atoms with Gasteiger partial charge in [0.25, 0.3) is 27.4 Å². The molecular weight excluding hydrogens is 841 g/mol. The number of carbonyl (C=O) groups excluding carboxylic acids is 4. The molecule has 1 aliphatic carbocycles. The van der Waals surface area contributed by atoms with E-state index in [4.69, 9.17) is 39.5 Å². The van der Waals surface area contributed by atoms with Crippen LogP contribution in [0.15, 0.2) is 64.3 Å². The second kappa shape index (κ2) is 18.8. The van der Waals surface area contributed by atoms with Crippen molar-refractivity contribution in [3.63, 3.8) is 0 Å². The molecule has 3 aromatic carbocycles. The van der Waals surface area contributed by atoms with Crippen LogP contribution in [0.4, 0.5) is 5.69 Å². The van der Waals surface area contributed by atoms with Crippen molar-refractivity contribution in [1.82, 2.24) is 14.0 Å². The quantitative estimate of drug-likeness (QED) is 0.0687. The van der Waals surface area contributed by atoms with Crippen molar-refractivity contribution in [3.8, 4) is 0 Å². The summed E-state index contributed by atoms with van der Waals surface area (Å²) in [5.74, 6) is -4.24. The molecule has 6 rings (SSSR count). The first-order valence-corrected chi connectivity index (χ1v) is 22.5. The molecule has 0 radical (unpaired) electrons. The lowest BCUT2D eigenvalue weighted by atomic mass is 10.0. The number of nitrogens with zero attached hydrogens (tertiary/aromatic N) is 3. The van der Waals surface area contributed by atoms with Crippen LogP contribution in [0.25, 0.3) is 10.9 Å². The Hall–Kier alpha value is -4.50. The SMILES string of the molecule is CCCCCCCCCCCCOC(=O)c1cc(NC(=O)C(c2nc3ccc(Cl)cc3c(=O)n2NC(=O)C2(CC)CC2)N2C(=O)c3ccccc3S2(=O)=O)c(Cl)cc1Cl. The first-order chi connectivity index (χ1) is 28.2. The monoisotopic (exact) mass is 885 g/mol. The predicted octanol–water partition coefficient (Wildman–Crippen LogP) is 9.22. The maximum absolute atomic E-state index is 14.7. The minimum Gasteiger partial charge on any atom is -0.462 e. The van der Waals surface area contributed by atoms with Gasteiger partial charge in [-0.25, -0.2) is 22.5 Å². The van der Waals surface area contributed by atoms with Gasteiger partial charge >= 0.3 is 5.97 Å². The topological polar surface area (TPSA) is 174 Å². The van der Waals surface area contributed by atoms with Crippen molar-refractivity contribution in [2.75, 3.05) is 17.3 Å². The van der Waals surface area contributed by atoms with Crippen molar-refractivity contribution >= 4 is 85.1 Å². The van der Waals surface area contributed by atoms with Crippen LogP contribution >= 0.6 is 34.8 Å². The number of sulfonamides is 1. The van der Waals surface area contributed by atoms with E-state index in [1.54, 1.807) is 0 Å². The number of benzene rings is 3. The lowest BCUT2D eigenvalue weighted by molar-refractivity contribution is -0.123. The third-order valence-electron chi connectivity index (χ3n) is 10.9. The van der Waals surface area contributed by atoms with Crippen molar-refractivity contribution in [2.24, 2.45) is 5.41 Å². The van der Waals surface area contributed by atoms with Crippen LogP contribution in [-0.4, -0.2) is 52.7 Å². The fourth-order valence-corrected chi connectivity index (χ4v) is 9.56. The van der Waals surface area contributed by atoms with Crippen LogP contribution in [0.2, 0.25) is 15.1 Å². The van der Waals surface area contributed by atoms with Crippen molar-refractivity contribution in [3.05, 3.63) is 97.0 Å². The van der Waals surface area contributed by atoms with Gasteiger partial charge in [0, 0.05) is 5.02 Å². The van der Waals surface area contributed by atoms with Crippen LogP contribution in [0, 0.1) is 5.41 Å². The molecule has 4 aromatic rings. The first kappa shape index (κ1) is 44.1. The molecule has 1 saturated carbocycles. The molecule has 13 nitrogen and oxygen atoms in total. The normalized spacial score (nSPS) is 15.5. The summed E-state index contributed by atoms with van der Waals surface area (Å²) in [5, 5.41) is 2.44. The second-order valence-corrected chi connectivity index (χ2v) is 18.0. The van der Waals surface area contributed by atoms with Gasteiger partial charge in [0.2, 0.25) is 5.91 Å². The summed E-state index contributed by atoms with van der Waals surface area (Å²) in [6, 6.07) is 9.69. The van der Waals surface area contributed by atoms with E-state index in [0.29, 0.717) is 34.7 Å². The van der Waals surface area contributed by atoms with E-state index in [1.807, 2.05) is 6.92 Å². The van der Waals surface area contributed by atoms with Crippen molar-refractivity contribution in [2.45, 2.75) is 108 Å². The van der Waals surface area contributed by atoms with Crippen LogP contribution in [0.1, 0.15) is 130 Å². The molecule has 0 saturated heterocycles. The zero-order valence-corrected chi connectivity index (χ0v) is 35.9. The van der Waals surface area contributed by atoms with E-state index in [0.717, 1.165) is 19.3 Å². The fraction of sp³-hybridized carbons (Fsp3) is 0.429. The fourth-order valence-electron chi connectivity index (χ4n) is 7.20. The Labute approximate surface area is 357 Å². The Morgan fingerprint density at radius 1 is 0.864 bits per heavy atom. The molecule has 1 aromatic heterocycles. The Balaban J connectivity index is 1.32. The number of halogens is 3. The summed E-state index contributed by atoms with van der Waals surface area (Å²) in [6.45, 7) is 4.14. The maximum atomic E-state index is 14.7. The Morgan fingerprint density at radius 3 is 2.17 bits per heavy atom. The zero-order valence-electron chi connectivity index (χ0n) is 32.8. The Kier molecular flexibility index (Phi) is 14.1. The molecule has 1 unspecified atom stereocenters.